The van der Waals surface area contributed by atoms with Gasteiger partial charge in [-0.1, -0.05) is 51.2 Å². The molecule has 2 nitrogen and oxygen atoms in total. The van der Waals surface area contributed by atoms with Crippen LogP contribution in [-0.4, -0.2) is 17.8 Å². The summed E-state index contributed by atoms with van der Waals surface area (Å²) in [6.45, 7) is 12.4. The lowest BCUT2D eigenvalue weighted by Crippen LogP contribution is -2.17. The molecule has 0 saturated heterocycles. The van der Waals surface area contributed by atoms with E-state index >= 15 is 0 Å². The van der Waals surface area contributed by atoms with Gasteiger partial charge in [0.05, 0.1) is 0 Å². The third-order valence-corrected chi connectivity index (χ3v) is 3.12. The highest BCUT2D eigenvalue weighted by Crippen LogP contribution is 2.14. The van der Waals surface area contributed by atoms with Crippen molar-refractivity contribution in [2.75, 3.05) is 7.05 Å². The van der Waals surface area contributed by atoms with Crippen molar-refractivity contribution in [2.24, 2.45) is 11.0 Å². The van der Waals surface area contributed by atoms with Crippen LogP contribution in [0.4, 0.5) is 0 Å². The molecule has 0 radical (unpaired) electrons. The molecule has 19 heavy (non-hydrogen) atoms. The van der Waals surface area contributed by atoms with E-state index in [-0.39, 0.29) is 0 Å². The molecule has 0 aliphatic rings. The Morgan fingerprint density at radius 2 is 2.05 bits per heavy atom. The molecular formula is C17H30N2. The molecule has 0 saturated carbocycles. The normalized spacial score (nSPS) is 14.3. The second-order valence-electron chi connectivity index (χ2n) is 5.04. The Balaban J connectivity index is 4.67. The molecule has 1 unspecified atom stereocenters. The predicted molar refractivity (Wildman–Crippen MR) is 87.3 cm³/mol. The summed E-state index contributed by atoms with van der Waals surface area (Å²) in [5, 5.41) is 6.60. The van der Waals surface area contributed by atoms with Gasteiger partial charge in [0.15, 0.2) is 0 Å². The average Bonchev–Trinajstić information content (AvgIpc) is 2.38. The van der Waals surface area contributed by atoms with Crippen molar-refractivity contribution in [1.82, 2.24) is 5.01 Å². The van der Waals surface area contributed by atoms with Gasteiger partial charge in [-0.05, 0) is 39.0 Å². The SMILES string of the molecule is C=C(C)N(C)/N=C(/CCCC)C(C)C/C=C\C=C/C. The van der Waals surface area contributed by atoms with Gasteiger partial charge in [0.25, 0.3) is 0 Å². The third-order valence-electron chi connectivity index (χ3n) is 3.12. The van der Waals surface area contributed by atoms with Gasteiger partial charge in [-0.15, -0.1) is 0 Å². The first-order chi connectivity index (χ1) is 9.02. The highest BCUT2D eigenvalue weighted by Gasteiger charge is 2.10. The number of rotatable bonds is 9. The molecule has 0 bridgehead atoms. The van der Waals surface area contributed by atoms with E-state index in [0.29, 0.717) is 5.92 Å². The molecule has 0 aliphatic heterocycles. The summed E-state index contributed by atoms with van der Waals surface area (Å²) in [5.74, 6) is 0.481. The Hall–Kier alpha value is -1.31. The summed E-state index contributed by atoms with van der Waals surface area (Å²) >= 11 is 0. The first-order valence-electron chi connectivity index (χ1n) is 7.27. The standard InChI is InChI=1S/C17H30N2/c1-7-9-11-12-13-16(5)17(14-10-8-2)18-19(6)15(3)4/h7,9,11-12,16H,3,8,10,13-14H2,1-2,4-6H3/b9-7-,12-11-,18-17-. The second kappa shape index (κ2) is 10.6. The lowest BCUT2D eigenvalue weighted by Gasteiger charge is -2.19. The quantitative estimate of drug-likeness (QED) is 0.318. The zero-order valence-corrected chi connectivity index (χ0v) is 13.3. The number of nitrogens with zero attached hydrogens (tertiary/aromatic N) is 2. The van der Waals surface area contributed by atoms with Crippen LogP contribution >= 0.6 is 0 Å². The molecule has 0 aliphatic carbocycles. The fourth-order valence-corrected chi connectivity index (χ4v) is 1.64. The van der Waals surface area contributed by atoms with Crippen molar-refractivity contribution in [2.45, 2.75) is 53.4 Å². The van der Waals surface area contributed by atoms with Crippen molar-refractivity contribution in [3.8, 4) is 0 Å². The maximum absolute atomic E-state index is 4.71. The summed E-state index contributed by atoms with van der Waals surface area (Å²) < 4.78 is 0. The molecule has 0 N–H and O–H groups in total. The molecule has 0 spiro atoms. The largest absolute Gasteiger partial charge is 0.274 e. The summed E-state index contributed by atoms with van der Waals surface area (Å²) in [7, 11) is 1.97. The van der Waals surface area contributed by atoms with Crippen LogP contribution in [0.15, 0.2) is 41.7 Å². The number of hydrogen-bond acceptors (Lipinski definition) is 2. The Morgan fingerprint density at radius 1 is 1.37 bits per heavy atom. The minimum absolute atomic E-state index is 0.481. The number of allylic oxidation sites excluding steroid dienone is 5. The van der Waals surface area contributed by atoms with E-state index < -0.39 is 0 Å². The lowest BCUT2D eigenvalue weighted by atomic mass is 9.97. The molecule has 0 aromatic heterocycles. The summed E-state index contributed by atoms with van der Waals surface area (Å²) in [6, 6.07) is 0. The van der Waals surface area contributed by atoms with Crippen LogP contribution in [0.25, 0.3) is 0 Å². The molecule has 2 heteroatoms. The molecule has 1 atom stereocenters. The monoisotopic (exact) mass is 262 g/mol. The van der Waals surface area contributed by atoms with Gasteiger partial charge in [-0.3, -0.25) is 5.01 Å². The topological polar surface area (TPSA) is 15.6 Å². The van der Waals surface area contributed by atoms with Gasteiger partial charge < -0.3 is 0 Å². The highest BCUT2D eigenvalue weighted by molar-refractivity contribution is 5.86. The average molecular weight is 262 g/mol. The van der Waals surface area contributed by atoms with Crippen LogP contribution in [0.2, 0.25) is 0 Å². The van der Waals surface area contributed by atoms with Gasteiger partial charge in [-0.2, -0.15) is 5.10 Å². The van der Waals surface area contributed by atoms with Gasteiger partial charge >= 0.3 is 0 Å². The van der Waals surface area contributed by atoms with E-state index in [1.54, 1.807) is 0 Å². The van der Waals surface area contributed by atoms with Crippen LogP contribution in [0.5, 0.6) is 0 Å². The first kappa shape index (κ1) is 17.7. The molecule has 0 heterocycles. The number of unbranched alkanes of at least 4 members (excludes halogenated alkanes) is 1. The molecule has 0 fully saturated rings. The van der Waals surface area contributed by atoms with Crippen molar-refractivity contribution >= 4 is 5.71 Å². The van der Waals surface area contributed by atoms with Crippen molar-refractivity contribution in [3.63, 3.8) is 0 Å². The van der Waals surface area contributed by atoms with E-state index in [0.717, 1.165) is 18.5 Å². The van der Waals surface area contributed by atoms with E-state index in [4.69, 9.17) is 5.10 Å². The van der Waals surface area contributed by atoms with E-state index in [1.807, 2.05) is 32.0 Å². The van der Waals surface area contributed by atoms with Gasteiger partial charge in [0.1, 0.15) is 0 Å². The Kier molecular flexibility index (Phi) is 9.87. The van der Waals surface area contributed by atoms with Crippen LogP contribution in [0.1, 0.15) is 53.4 Å². The maximum atomic E-state index is 4.71. The second-order valence-corrected chi connectivity index (χ2v) is 5.04. The zero-order chi connectivity index (χ0) is 14.7. The van der Waals surface area contributed by atoms with Gasteiger partial charge in [-0.25, -0.2) is 0 Å². The Labute approximate surface area is 119 Å². The van der Waals surface area contributed by atoms with Crippen LogP contribution < -0.4 is 0 Å². The lowest BCUT2D eigenvalue weighted by molar-refractivity contribution is 0.441. The maximum Gasteiger partial charge on any atom is 0.0415 e. The van der Waals surface area contributed by atoms with Crippen LogP contribution in [0, 0.1) is 5.92 Å². The molecular weight excluding hydrogens is 232 g/mol. The molecule has 108 valence electrons. The summed E-state index contributed by atoms with van der Waals surface area (Å²) in [6.07, 6.45) is 13.0. The van der Waals surface area contributed by atoms with Crippen molar-refractivity contribution in [3.05, 3.63) is 36.6 Å². The van der Waals surface area contributed by atoms with Crippen LogP contribution in [-0.2, 0) is 0 Å². The molecule has 0 amide bonds. The molecule has 0 rings (SSSR count). The zero-order valence-electron chi connectivity index (χ0n) is 13.3. The van der Waals surface area contributed by atoms with Gasteiger partial charge in [0, 0.05) is 18.5 Å². The van der Waals surface area contributed by atoms with Crippen LogP contribution in [0.3, 0.4) is 0 Å². The summed E-state index contributed by atoms with van der Waals surface area (Å²) in [5.41, 5.74) is 2.25. The smallest absolute Gasteiger partial charge is 0.0415 e. The minimum Gasteiger partial charge on any atom is -0.274 e. The summed E-state index contributed by atoms with van der Waals surface area (Å²) in [4.78, 5) is 0. The highest BCUT2D eigenvalue weighted by atomic mass is 15.4. The fraction of sp³-hybridized carbons (Fsp3) is 0.588. The first-order valence-corrected chi connectivity index (χ1v) is 7.27. The fourth-order valence-electron chi connectivity index (χ4n) is 1.64. The number of hydrazone groups is 1. The minimum atomic E-state index is 0.481. The van der Waals surface area contributed by atoms with Crippen molar-refractivity contribution in [1.29, 1.82) is 0 Å². The van der Waals surface area contributed by atoms with E-state index in [1.165, 1.54) is 18.6 Å². The van der Waals surface area contributed by atoms with Crippen molar-refractivity contribution < 1.29 is 0 Å². The molecule has 0 aromatic rings. The third kappa shape index (κ3) is 8.41. The van der Waals surface area contributed by atoms with E-state index in [9.17, 15) is 0 Å². The molecule has 0 aromatic carbocycles. The van der Waals surface area contributed by atoms with E-state index in [2.05, 4.69) is 38.7 Å². The Morgan fingerprint density at radius 3 is 2.58 bits per heavy atom. The predicted octanol–water partition coefficient (Wildman–Crippen LogP) is 5.16. The van der Waals surface area contributed by atoms with Gasteiger partial charge in [0.2, 0.25) is 0 Å². The number of hydrogen-bond donors (Lipinski definition) is 0. The Bertz CT molecular complexity index is 337.